The molecule has 0 saturated carbocycles. The minimum absolute atomic E-state index is 0.0168. The van der Waals surface area contributed by atoms with Crippen molar-refractivity contribution >= 4 is 17.2 Å². The molecule has 88 valence electrons. The monoisotopic (exact) mass is 230 g/mol. The Balaban J connectivity index is 2.08. The van der Waals surface area contributed by atoms with Crippen LogP contribution in [0.15, 0.2) is 24.4 Å². The summed E-state index contributed by atoms with van der Waals surface area (Å²) in [5.74, 6) is 0. The van der Waals surface area contributed by atoms with Crippen LogP contribution in [-0.2, 0) is 4.74 Å². The maximum atomic E-state index is 10.9. The highest BCUT2D eigenvalue weighted by Crippen LogP contribution is 2.26. The fourth-order valence-corrected chi connectivity index (χ4v) is 2.34. The molecule has 1 aromatic carbocycles. The normalized spacial score (nSPS) is 20.6. The predicted octanol–water partition coefficient (Wildman–Crippen LogP) is 2.55. The smallest absolute Gasteiger partial charge is 0.150 e. The molecule has 1 saturated heterocycles. The molecular formula is C13H14N2O2. The first kappa shape index (κ1) is 10.5. The molecule has 2 heterocycles. The van der Waals surface area contributed by atoms with Crippen LogP contribution in [0.1, 0.15) is 35.8 Å². The van der Waals surface area contributed by atoms with Crippen LogP contribution in [0.2, 0.25) is 0 Å². The van der Waals surface area contributed by atoms with Crippen LogP contribution >= 0.6 is 0 Å². The van der Waals surface area contributed by atoms with E-state index in [9.17, 15) is 4.79 Å². The fraction of sp³-hybridized carbons (Fsp3) is 0.385. The van der Waals surface area contributed by atoms with Crippen molar-refractivity contribution in [1.29, 1.82) is 0 Å². The Kier molecular flexibility index (Phi) is 2.65. The molecule has 4 nitrogen and oxygen atoms in total. The van der Waals surface area contributed by atoms with Crippen molar-refractivity contribution in [3.63, 3.8) is 0 Å². The number of aromatic nitrogens is 2. The molecule has 1 aromatic heterocycles. The maximum Gasteiger partial charge on any atom is 0.150 e. The molecule has 1 unspecified atom stereocenters. The summed E-state index contributed by atoms with van der Waals surface area (Å²) in [4.78, 5) is 10.9. The average Bonchev–Trinajstić information content (AvgIpc) is 2.83. The molecule has 4 heteroatoms. The highest BCUT2D eigenvalue weighted by molar-refractivity contribution is 5.96. The number of hydrogen-bond donors (Lipinski definition) is 0. The number of fused-ring (bicyclic) bond motifs is 1. The Labute approximate surface area is 99.2 Å². The van der Waals surface area contributed by atoms with Crippen LogP contribution in [0.5, 0.6) is 0 Å². The summed E-state index contributed by atoms with van der Waals surface area (Å²) < 4.78 is 7.61. The number of carbonyl (C=O) groups excluding carboxylic acids is 1. The molecule has 0 bridgehead atoms. The highest BCUT2D eigenvalue weighted by Gasteiger charge is 2.18. The third kappa shape index (κ3) is 1.74. The number of ether oxygens (including phenoxy) is 1. The summed E-state index contributed by atoms with van der Waals surface area (Å²) in [6.07, 6.45) is 5.91. The van der Waals surface area contributed by atoms with Crippen molar-refractivity contribution in [3.05, 3.63) is 30.0 Å². The van der Waals surface area contributed by atoms with Gasteiger partial charge in [0.25, 0.3) is 0 Å². The second-order valence-corrected chi connectivity index (χ2v) is 4.31. The minimum Gasteiger partial charge on any atom is -0.356 e. The van der Waals surface area contributed by atoms with E-state index >= 15 is 0 Å². The van der Waals surface area contributed by atoms with E-state index in [0.717, 1.165) is 36.6 Å². The van der Waals surface area contributed by atoms with E-state index in [1.165, 1.54) is 6.42 Å². The van der Waals surface area contributed by atoms with E-state index in [1.807, 2.05) is 22.9 Å². The van der Waals surface area contributed by atoms with Gasteiger partial charge in [-0.2, -0.15) is 5.10 Å². The lowest BCUT2D eigenvalue weighted by atomic mass is 10.1. The van der Waals surface area contributed by atoms with Crippen LogP contribution in [0.25, 0.3) is 10.9 Å². The Morgan fingerprint density at radius 2 is 2.35 bits per heavy atom. The molecule has 0 radical (unpaired) electrons. The van der Waals surface area contributed by atoms with Gasteiger partial charge in [-0.3, -0.25) is 4.79 Å². The van der Waals surface area contributed by atoms with Gasteiger partial charge in [-0.1, -0.05) is 12.1 Å². The van der Waals surface area contributed by atoms with Gasteiger partial charge in [0.05, 0.1) is 11.7 Å². The van der Waals surface area contributed by atoms with Gasteiger partial charge in [0.2, 0.25) is 0 Å². The van der Waals surface area contributed by atoms with Crippen LogP contribution in [0, 0.1) is 0 Å². The Morgan fingerprint density at radius 1 is 1.41 bits per heavy atom. The van der Waals surface area contributed by atoms with E-state index in [-0.39, 0.29) is 6.23 Å². The van der Waals surface area contributed by atoms with Crippen molar-refractivity contribution < 1.29 is 9.53 Å². The van der Waals surface area contributed by atoms with E-state index in [4.69, 9.17) is 4.74 Å². The minimum atomic E-state index is 0.0168. The zero-order valence-electron chi connectivity index (χ0n) is 9.50. The van der Waals surface area contributed by atoms with Gasteiger partial charge in [-0.15, -0.1) is 0 Å². The molecule has 3 rings (SSSR count). The van der Waals surface area contributed by atoms with Crippen LogP contribution < -0.4 is 0 Å². The summed E-state index contributed by atoms with van der Waals surface area (Å²) in [5, 5.41) is 5.26. The first-order chi connectivity index (χ1) is 8.40. The quantitative estimate of drug-likeness (QED) is 0.745. The zero-order chi connectivity index (χ0) is 11.7. The molecule has 1 aliphatic rings. The Hall–Kier alpha value is -1.68. The number of carbonyl (C=O) groups is 1. The Bertz CT molecular complexity index is 541. The van der Waals surface area contributed by atoms with Gasteiger partial charge in [0.1, 0.15) is 0 Å². The maximum absolute atomic E-state index is 10.9. The molecule has 0 amide bonds. The summed E-state index contributed by atoms with van der Waals surface area (Å²) in [6.45, 7) is 0.791. The predicted molar refractivity (Wildman–Crippen MR) is 64.0 cm³/mol. The molecule has 1 atom stereocenters. The standard InChI is InChI=1S/C13H14N2O2/c16-9-10-4-3-5-12-11(10)8-14-15(12)13-6-1-2-7-17-13/h3-5,8-9,13H,1-2,6-7H2. The van der Waals surface area contributed by atoms with Gasteiger partial charge < -0.3 is 4.74 Å². The highest BCUT2D eigenvalue weighted by atomic mass is 16.5. The summed E-state index contributed by atoms with van der Waals surface area (Å²) in [6, 6.07) is 5.67. The topological polar surface area (TPSA) is 44.1 Å². The van der Waals surface area contributed by atoms with Crippen LogP contribution in [-0.4, -0.2) is 22.7 Å². The molecule has 0 aliphatic carbocycles. The lowest BCUT2D eigenvalue weighted by Crippen LogP contribution is -2.18. The molecule has 0 spiro atoms. The largest absolute Gasteiger partial charge is 0.356 e. The molecule has 2 aromatic rings. The van der Waals surface area contributed by atoms with E-state index in [1.54, 1.807) is 6.20 Å². The third-order valence-corrected chi connectivity index (χ3v) is 3.23. The lowest BCUT2D eigenvalue weighted by molar-refractivity contribution is -0.0366. The first-order valence-electron chi connectivity index (χ1n) is 5.93. The van der Waals surface area contributed by atoms with E-state index in [2.05, 4.69) is 5.10 Å². The Morgan fingerprint density at radius 3 is 3.12 bits per heavy atom. The second kappa shape index (κ2) is 4.30. The number of benzene rings is 1. The van der Waals surface area contributed by atoms with Gasteiger partial charge in [-0.05, 0) is 25.3 Å². The zero-order valence-corrected chi connectivity index (χ0v) is 9.50. The summed E-state index contributed by atoms with van der Waals surface area (Å²) >= 11 is 0. The SMILES string of the molecule is O=Cc1cccc2c1cnn2C1CCCCO1. The van der Waals surface area contributed by atoms with Crippen molar-refractivity contribution in [1.82, 2.24) is 9.78 Å². The average molecular weight is 230 g/mol. The number of rotatable bonds is 2. The van der Waals surface area contributed by atoms with Crippen molar-refractivity contribution in [2.45, 2.75) is 25.5 Å². The molecule has 17 heavy (non-hydrogen) atoms. The fourth-order valence-electron chi connectivity index (χ4n) is 2.34. The summed E-state index contributed by atoms with van der Waals surface area (Å²) in [5.41, 5.74) is 1.66. The number of hydrogen-bond acceptors (Lipinski definition) is 3. The lowest BCUT2D eigenvalue weighted by Gasteiger charge is -2.23. The number of aldehydes is 1. The first-order valence-corrected chi connectivity index (χ1v) is 5.93. The third-order valence-electron chi connectivity index (χ3n) is 3.23. The van der Waals surface area contributed by atoms with Crippen LogP contribution in [0.4, 0.5) is 0 Å². The van der Waals surface area contributed by atoms with Gasteiger partial charge in [0, 0.05) is 17.6 Å². The molecule has 0 N–H and O–H groups in total. The summed E-state index contributed by atoms with van der Waals surface area (Å²) in [7, 11) is 0. The van der Waals surface area contributed by atoms with Crippen LogP contribution in [0.3, 0.4) is 0 Å². The second-order valence-electron chi connectivity index (χ2n) is 4.31. The number of nitrogens with zero attached hydrogens (tertiary/aromatic N) is 2. The van der Waals surface area contributed by atoms with Crippen molar-refractivity contribution in [3.8, 4) is 0 Å². The van der Waals surface area contributed by atoms with Gasteiger partial charge in [0.15, 0.2) is 12.5 Å². The van der Waals surface area contributed by atoms with Crippen molar-refractivity contribution in [2.75, 3.05) is 6.61 Å². The molecular weight excluding hydrogens is 216 g/mol. The van der Waals surface area contributed by atoms with E-state index < -0.39 is 0 Å². The van der Waals surface area contributed by atoms with Gasteiger partial charge in [-0.25, -0.2) is 4.68 Å². The van der Waals surface area contributed by atoms with Gasteiger partial charge >= 0.3 is 0 Å². The van der Waals surface area contributed by atoms with E-state index in [0.29, 0.717) is 5.56 Å². The molecule has 1 aliphatic heterocycles. The molecule has 1 fully saturated rings. The van der Waals surface area contributed by atoms with Crippen molar-refractivity contribution in [2.24, 2.45) is 0 Å².